The highest BCUT2D eigenvalue weighted by atomic mass is 35.5. The van der Waals surface area contributed by atoms with E-state index in [2.05, 4.69) is 5.32 Å². The lowest BCUT2D eigenvalue weighted by Gasteiger charge is -2.21. The molecule has 17 heavy (non-hydrogen) atoms. The number of hydrogen-bond donors (Lipinski definition) is 1. The van der Waals surface area contributed by atoms with Gasteiger partial charge in [0.25, 0.3) is 0 Å². The minimum absolute atomic E-state index is 0.221. The zero-order valence-corrected chi connectivity index (χ0v) is 11.3. The van der Waals surface area contributed by atoms with Gasteiger partial charge in [-0.15, -0.1) is 0 Å². The van der Waals surface area contributed by atoms with Crippen LogP contribution in [0.3, 0.4) is 0 Å². The molecule has 1 aromatic rings. The van der Waals surface area contributed by atoms with Crippen LogP contribution >= 0.6 is 23.4 Å². The van der Waals surface area contributed by atoms with Crippen LogP contribution in [0.1, 0.15) is 24.8 Å². The van der Waals surface area contributed by atoms with Gasteiger partial charge < -0.3 is 5.32 Å². The van der Waals surface area contributed by atoms with Gasteiger partial charge in [-0.1, -0.05) is 24.1 Å². The molecule has 0 spiro atoms. The molecule has 0 aliphatic carbocycles. The van der Waals surface area contributed by atoms with Crippen LogP contribution in [0.5, 0.6) is 0 Å². The quantitative estimate of drug-likeness (QED) is 0.894. The Morgan fingerprint density at radius 3 is 3.00 bits per heavy atom. The number of thioether (sulfide) groups is 1. The van der Waals surface area contributed by atoms with E-state index in [1.54, 1.807) is 12.1 Å². The Morgan fingerprint density at radius 2 is 2.29 bits per heavy atom. The molecule has 0 saturated carbocycles. The molecule has 1 saturated heterocycles. The molecule has 4 heteroatoms. The Hall–Kier alpha value is -0.250. The van der Waals surface area contributed by atoms with Crippen molar-refractivity contribution in [3.8, 4) is 0 Å². The van der Waals surface area contributed by atoms with E-state index in [0.29, 0.717) is 22.4 Å². The second-order valence-corrected chi connectivity index (χ2v) is 6.20. The minimum atomic E-state index is -0.221. The molecule has 1 aromatic carbocycles. The summed E-state index contributed by atoms with van der Waals surface area (Å²) >= 11 is 7.74. The maximum atomic E-state index is 13.5. The number of nitrogens with one attached hydrogen (secondary N) is 1. The van der Waals surface area contributed by atoms with Crippen molar-refractivity contribution in [1.82, 2.24) is 5.32 Å². The third-order valence-electron chi connectivity index (χ3n) is 2.98. The molecule has 1 unspecified atom stereocenters. The first-order chi connectivity index (χ1) is 8.25. The van der Waals surface area contributed by atoms with Crippen LogP contribution < -0.4 is 5.32 Å². The molecule has 1 N–H and O–H groups in total. The second kappa shape index (κ2) is 6.62. The summed E-state index contributed by atoms with van der Waals surface area (Å²) in [5.41, 5.74) is 0.690. The van der Waals surface area contributed by atoms with Gasteiger partial charge in [-0.25, -0.2) is 4.39 Å². The predicted octanol–water partition coefficient (Wildman–Crippen LogP) is 3.85. The fourth-order valence-corrected chi connectivity index (χ4v) is 3.43. The van der Waals surface area contributed by atoms with E-state index < -0.39 is 0 Å². The van der Waals surface area contributed by atoms with Crippen LogP contribution in [0.15, 0.2) is 18.2 Å². The van der Waals surface area contributed by atoms with E-state index in [9.17, 15) is 4.39 Å². The molecule has 1 atom stereocenters. The van der Waals surface area contributed by atoms with Crippen molar-refractivity contribution in [2.24, 2.45) is 0 Å². The lowest BCUT2D eigenvalue weighted by atomic mass is 10.1. The van der Waals surface area contributed by atoms with E-state index in [1.165, 1.54) is 31.1 Å². The van der Waals surface area contributed by atoms with Crippen LogP contribution in [0.2, 0.25) is 5.02 Å². The summed E-state index contributed by atoms with van der Waals surface area (Å²) in [6.07, 6.45) is 3.95. The van der Waals surface area contributed by atoms with Gasteiger partial charge in [-0.2, -0.15) is 11.8 Å². The number of hydrogen-bond acceptors (Lipinski definition) is 2. The summed E-state index contributed by atoms with van der Waals surface area (Å²) in [5.74, 6) is 1.04. The molecule has 1 fully saturated rings. The zero-order valence-electron chi connectivity index (χ0n) is 9.72. The maximum absolute atomic E-state index is 13.5. The molecule has 0 aromatic heterocycles. The van der Waals surface area contributed by atoms with E-state index in [4.69, 9.17) is 11.6 Å². The summed E-state index contributed by atoms with van der Waals surface area (Å²) in [4.78, 5) is 0. The van der Waals surface area contributed by atoms with E-state index in [-0.39, 0.29) is 5.82 Å². The van der Waals surface area contributed by atoms with Crippen molar-refractivity contribution in [2.45, 2.75) is 31.1 Å². The van der Waals surface area contributed by atoms with Gasteiger partial charge in [0.15, 0.2) is 0 Å². The Kier molecular flexibility index (Phi) is 5.14. The van der Waals surface area contributed by atoms with E-state index in [1.807, 2.05) is 11.8 Å². The van der Waals surface area contributed by atoms with Crippen LogP contribution in [0.4, 0.5) is 4.39 Å². The first-order valence-electron chi connectivity index (χ1n) is 6.02. The van der Waals surface area contributed by atoms with Crippen molar-refractivity contribution in [1.29, 1.82) is 0 Å². The number of halogens is 2. The summed E-state index contributed by atoms with van der Waals surface area (Å²) in [6.45, 7) is 1.55. The molecular weight excluding hydrogens is 257 g/mol. The molecule has 1 aliphatic heterocycles. The fourth-order valence-electron chi connectivity index (χ4n) is 2.00. The average molecular weight is 274 g/mol. The summed E-state index contributed by atoms with van der Waals surface area (Å²) < 4.78 is 13.5. The minimum Gasteiger partial charge on any atom is -0.311 e. The number of benzene rings is 1. The normalized spacial score (nSPS) is 20.5. The molecule has 1 nitrogen and oxygen atoms in total. The van der Waals surface area contributed by atoms with Crippen molar-refractivity contribution in [3.05, 3.63) is 34.6 Å². The SMILES string of the molecule is Fc1cc(Cl)ccc1CNCC1CCCCS1. The topological polar surface area (TPSA) is 12.0 Å². The predicted molar refractivity (Wildman–Crippen MR) is 73.2 cm³/mol. The Bertz CT molecular complexity index is 366. The average Bonchev–Trinajstić information content (AvgIpc) is 2.33. The van der Waals surface area contributed by atoms with Gasteiger partial charge in [0.05, 0.1) is 0 Å². The van der Waals surface area contributed by atoms with Crippen molar-refractivity contribution in [2.75, 3.05) is 12.3 Å². The van der Waals surface area contributed by atoms with Gasteiger partial charge in [-0.05, 0) is 30.7 Å². The fraction of sp³-hybridized carbons (Fsp3) is 0.538. The highest BCUT2D eigenvalue weighted by molar-refractivity contribution is 7.99. The third-order valence-corrected chi connectivity index (χ3v) is 4.61. The summed E-state index contributed by atoms with van der Waals surface area (Å²) in [7, 11) is 0. The van der Waals surface area contributed by atoms with Gasteiger partial charge >= 0.3 is 0 Å². The Morgan fingerprint density at radius 1 is 1.41 bits per heavy atom. The van der Waals surface area contributed by atoms with E-state index >= 15 is 0 Å². The van der Waals surface area contributed by atoms with Gasteiger partial charge in [0, 0.05) is 28.9 Å². The molecule has 2 rings (SSSR count). The highest BCUT2D eigenvalue weighted by Gasteiger charge is 2.13. The Labute approximate surface area is 111 Å². The first-order valence-corrected chi connectivity index (χ1v) is 7.44. The first kappa shape index (κ1) is 13.2. The lowest BCUT2D eigenvalue weighted by molar-refractivity contribution is 0.568. The molecule has 1 heterocycles. The van der Waals surface area contributed by atoms with Gasteiger partial charge in [0.2, 0.25) is 0 Å². The third kappa shape index (κ3) is 4.16. The summed E-state index contributed by atoms with van der Waals surface area (Å²) in [6, 6.07) is 4.85. The number of rotatable bonds is 4. The summed E-state index contributed by atoms with van der Waals surface area (Å²) in [5, 5.41) is 4.47. The zero-order chi connectivity index (χ0) is 12.1. The smallest absolute Gasteiger partial charge is 0.129 e. The van der Waals surface area contributed by atoms with Crippen molar-refractivity contribution >= 4 is 23.4 Å². The standard InChI is InChI=1S/C13H17ClFNS/c14-11-5-4-10(13(15)7-11)8-16-9-12-3-1-2-6-17-12/h4-5,7,12,16H,1-3,6,8-9H2. The molecule has 0 amide bonds. The highest BCUT2D eigenvalue weighted by Crippen LogP contribution is 2.24. The van der Waals surface area contributed by atoms with Crippen LogP contribution in [0, 0.1) is 5.82 Å². The molecule has 94 valence electrons. The van der Waals surface area contributed by atoms with Crippen molar-refractivity contribution in [3.63, 3.8) is 0 Å². The largest absolute Gasteiger partial charge is 0.311 e. The van der Waals surface area contributed by atoms with Crippen LogP contribution in [-0.2, 0) is 6.54 Å². The molecule has 1 aliphatic rings. The van der Waals surface area contributed by atoms with Crippen LogP contribution in [-0.4, -0.2) is 17.5 Å². The van der Waals surface area contributed by atoms with E-state index in [0.717, 1.165) is 6.54 Å². The van der Waals surface area contributed by atoms with Crippen LogP contribution in [0.25, 0.3) is 0 Å². The Balaban J connectivity index is 1.77. The molecule has 0 bridgehead atoms. The van der Waals surface area contributed by atoms with Gasteiger partial charge in [0.1, 0.15) is 5.82 Å². The lowest BCUT2D eigenvalue weighted by Crippen LogP contribution is -2.26. The monoisotopic (exact) mass is 273 g/mol. The molecule has 0 radical (unpaired) electrons. The maximum Gasteiger partial charge on any atom is 0.129 e. The van der Waals surface area contributed by atoms with Gasteiger partial charge in [-0.3, -0.25) is 0 Å². The van der Waals surface area contributed by atoms with Crippen molar-refractivity contribution < 1.29 is 4.39 Å². The molecular formula is C13H17ClFNS. The second-order valence-electron chi connectivity index (χ2n) is 4.36.